The molecule has 16 heavy (non-hydrogen) atoms. The Morgan fingerprint density at radius 1 is 1.19 bits per heavy atom. The van der Waals surface area contributed by atoms with Gasteiger partial charge in [-0.1, -0.05) is 34.1 Å². The molecule has 1 saturated carbocycles. The van der Waals surface area contributed by atoms with Crippen molar-refractivity contribution < 1.29 is 0 Å². The van der Waals surface area contributed by atoms with Crippen molar-refractivity contribution in [1.82, 2.24) is 5.32 Å². The number of hydrogen-bond donors (Lipinski definition) is 1. The average Bonchev–Trinajstić information content (AvgIpc) is 2.24. The molecule has 94 valence electrons. The maximum atomic E-state index is 3.60. The highest BCUT2D eigenvalue weighted by molar-refractivity contribution is 4.99. The molecule has 0 bridgehead atoms. The Morgan fingerprint density at radius 3 is 2.56 bits per heavy atom. The Balaban J connectivity index is 2.16. The quantitative estimate of drug-likeness (QED) is 0.712. The first-order chi connectivity index (χ1) is 7.50. The Bertz CT molecular complexity index is 246. The predicted octanol–water partition coefficient (Wildman–Crippen LogP) is 3.84. The summed E-state index contributed by atoms with van der Waals surface area (Å²) in [7, 11) is 0. The lowest BCUT2D eigenvalue weighted by molar-refractivity contribution is -0.0361. The van der Waals surface area contributed by atoms with E-state index >= 15 is 0 Å². The summed E-state index contributed by atoms with van der Waals surface area (Å²) in [6.07, 6.45) is 7.12. The minimum Gasteiger partial charge on any atom is -0.316 e. The molecule has 1 N–H and O–H groups in total. The zero-order valence-corrected chi connectivity index (χ0v) is 11.6. The Labute approximate surface area is 101 Å². The summed E-state index contributed by atoms with van der Waals surface area (Å²) in [5, 5.41) is 3.60. The summed E-state index contributed by atoms with van der Waals surface area (Å²) in [4.78, 5) is 0. The summed E-state index contributed by atoms with van der Waals surface area (Å²) in [5.74, 6) is 1.84. The van der Waals surface area contributed by atoms with Crippen molar-refractivity contribution in [2.24, 2.45) is 22.7 Å². The maximum Gasteiger partial charge on any atom is -0.00152 e. The summed E-state index contributed by atoms with van der Waals surface area (Å²) < 4.78 is 0. The molecule has 0 amide bonds. The standard InChI is InChI=1S/C15H29N/c1-5-13-11-16-9-8-15(13)7-6-14(3,4)10-12(15)2/h12-13,16H,5-11H2,1-4H3. The third-order valence-corrected chi connectivity index (χ3v) is 5.57. The molecule has 0 radical (unpaired) electrons. The first kappa shape index (κ1) is 12.4. The molecule has 1 aliphatic carbocycles. The Morgan fingerprint density at radius 2 is 1.94 bits per heavy atom. The zero-order chi connectivity index (χ0) is 11.8. The van der Waals surface area contributed by atoms with Crippen LogP contribution >= 0.6 is 0 Å². The minimum atomic E-state index is 0.591. The van der Waals surface area contributed by atoms with E-state index in [1.165, 1.54) is 45.2 Å². The molecule has 1 saturated heterocycles. The van der Waals surface area contributed by atoms with Crippen LogP contribution in [0.5, 0.6) is 0 Å². The lowest BCUT2D eigenvalue weighted by Gasteiger charge is -2.54. The highest BCUT2D eigenvalue weighted by atomic mass is 14.9. The van der Waals surface area contributed by atoms with Gasteiger partial charge in [-0.3, -0.25) is 0 Å². The number of hydrogen-bond acceptors (Lipinski definition) is 1. The fraction of sp³-hybridized carbons (Fsp3) is 1.00. The van der Waals surface area contributed by atoms with Crippen LogP contribution in [0.4, 0.5) is 0 Å². The molecule has 3 unspecified atom stereocenters. The number of piperidine rings is 1. The van der Waals surface area contributed by atoms with Crippen LogP contribution in [-0.4, -0.2) is 13.1 Å². The largest absolute Gasteiger partial charge is 0.316 e. The predicted molar refractivity (Wildman–Crippen MR) is 70.5 cm³/mol. The van der Waals surface area contributed by atoms with Crippen molar-refractivity contribution in [3.63, 3.8) is 0 Å². The van der Waals surface area contributed by atoms with Gasteiger partial charge in [0.25, 0.3) is 0 Å². The van der Waals surface area contributed by atoms with Crippen LogP contribution in [0.1, 0.15) is 59.8 Å². The molecule has 1 spiro atoms. The second kappa shape index (κ2) is 4.33. The lowest BCUT2D eigenvalue weighted by atomic mass is 9.52. The van der Waals surface area contributed by atoms with Gasteiger partial charge in [-0.15, -0.1) is 0 Å². The minimum absolute atomic E-state index is 0.591. The molecule has 1 nitrogen and oxygen atoms in total. The summed E-state index contributed by atoms with van der Waals surface area (Å²) >= 11 is 0. The van der Waals surface area contributed by atoms with Crippen molar-refractivity contribution in [1.29, 1.82) is 0 Å². The number of rotatable bonds is 1. The zero-order valence-electron chi connectivity index (χ0n) is 11.6. The van der Waals surface area contributed by atoms with Crippen LogP contribution < -0.4 is 5.32 Å². The van der Waals surface area contributed by atoms with Gasteiger partial charge in [0.15, 0.2) is 0 Å². The summed E-state index contributed by atoms with van der Waals surface area (Å²) in [6.45, 7) is 12.3. The van der Waals surface area contributed by atoms with Gasteiger partial charge in [0.2, 0.25) is 0 Å². The topological polar surface area (TPSA) is 12.0 Å². The monoisotopic (exact) mass is 223 g/mol. The van der Waals surface area contributed by atoms with Gasteiger partial charge < -0.3 is 5.32 Å². The van der Waals surface area contributed by atoms with Crippen molar-refractivity contribution in [2.75, 3.05) is 13.1 Å². The molecule has 3 atom stereocenters. The van der Waals surface area contributed by atoms with E-state index in [2.05, 4.69) is 33.0 Å². The first-order valence-electron chi connectivity index (χ1n) is 7.21. The van der Waals surface area contributed by atoms with E-state index in [9.17, 15) is 0 Å². The Kier molecular flexibility index (Phi) is 3.36. The molecule has 1 aliphatic heterocycles. The molecule has 2 aliphatic rings. The van der Waals surface area contributed by atoms with Crippen molar-refractivity contribution in [2.45, 2.75) is 59.8 Å². The maximum absolute atomic E-state index is 3.60. The van der Waals surface area contributed by atoms with Crippen molar-refractivity contribution >= 4 is 0 Å². The van der Waals surface area contributed by atoms with Gasteiger partial charge in [0.05, 0.1) is 0 Å². The molecule has 1 heteroatoms. The molecule has 0 aromatic rings. The van der Waals surface area contributed by atoms with Crippen LogP contribution in [0.25, 0.3) is 0 Å². The van der Waals surface area contributed by atoms with E-state index in [4.69, 9.17) is 0 Å². The molecule has 0 aromatic carbocycles. The summed E-state index contributed by atoms with van der Waals surface area (Å²) in [5.41, 5.74) is 1.27. The fourth-order valence-electron chi connectivity index (χ4n) is 4.49. The van der Waals surface area contributed by atoms with Crippen LogP contribution in [0, 0.1) is 22.7 Å². The fourth-order valence-corrected chi connectivity index (χ4v) is 4.49. The molecule has 1 heterocycles. The normalized spacial score (nSPS) is 43.5. The van der Waals surface area contributed by atoms with Gasteiger partial charge >= 0.3 is 0 Å². The van der Waals surface area contributed by atoms with E-state index in [0.29, 0.717) is 10.8 Å². The van der Waals surface area contributed by atoms with Crippen LogP contribution in [0.2, 0.25) is 0 Å². The van der Waals surface area contributed by atoms with Crippen molar-refractivity contribution in [3.8, 4) is 0 Å². The van der Waals surface area contributed by atoms with Gasteiger partial charge in [-0.05, 0) is 61.4 Å². The Hall–Kier alpha value is -0.0400. The van der Waals surface area contributed by atoms with Gasteiger partial charge in [-0.25, -0.2) is 0 Å². The van der Waals surface area contributed by atoms with Crippen molar-refractivity contribution in [3.05, 3.63) is 0 Å². The second-order valence-electron chi connectivity index (χ2n) is 7.06. The van der Waals surface area contributed by atoms with E-state index in [1.54, 1.807) is 0 Å². The SMILES string of the molecule is CCC1CNCCC12CCC(C)(C)CC2C. The average molecular weight is 223 g/mol. The van der Waals surface area contributed by atoms with E-state index in [-0.39, 0.29) is 0 Å². The van der Waals surface area contributed by atoms with Gasteiger partial charge in [0, 0.05) is 0 Å². The summed E-state index contributed by atoms with van der Waals surface area (Å²) in [6, 6.07) is 0. The van der Waals surface area contributed by atoms with Crippen LogP contribution in [-0.2, 0) is 0 Å². The van der Waals surface area contributed by atoms with Crippen LogP contribution in [0.3, 0.4) is 0 Å². The highest BCUT2D eigenvalue weighted by Crippen LogP contribution is 2.55. The third kappa shape index (κ3) is 2.03. The molecule has 0 aromatic heterocycles. The smallest absolute Gasteiger partial charge is 0.00152 e. The number of nitrogens with one attached hydrogen (secondary N) is 1. The first-order valence-corrected chi connectivity index (χ1v) is 7.21. The molecular weight excluding hydrogens is 194 g/mol. The van der Waals surface area contributed by atoms with Crippen LogP contribution in [0.15, 0.2) is 0 Å². The van der Waals surface area contributed by atoms with Gasteiger partial charge in [0.1, 0.15) is 0 Å². The molecular formula is C15H29N. The lowest BCUT2D eigenvalue weighted by Crippen LogP contribution is -2.51. The van der Waals surface area contributed by atoms with E-state index in [0.717, 1.165) is 11.8 Å². The second-order valence-corrected chi connectivity index (χ2v) is 7.06. The highest BCUT2D eigenvalue weighted by Gasteiger charge is 2.48. The molecule has 2 rings (SSSR count). The van der Waals surface area contributed by atoms with E-state index < -0.39 is 0 Å². The van der Waals surface area contributed by atoms with Gasteiger partial charge in [-0.2, -0.15) is 0 Å². The van der Waals surface area contributed by atoms with E-state index in [1.807, 2.05) is 0 Å². The third-order valence-electron chi connectivity index (χ3n) is 5.57. The molecule has 2 fully saturated rings.